The Hall–Kier alpha value is -4.28. The fourth-order valence-corrected chi connectivity index (χ4v) is 5.69. The van der Waals surface area contributed by atoms with E-state index in [0.29, 0.717) is 24.5 Å². The summed E-state index contributed by atoms with van der Waals surface area (Å²) in [5, 5.41) is 6.53. The molecule has 1 N–H and O–H groups in total. The van der Waals surface area contributed by atoms with Crippen LogP contribution in [-0.2, 0) is 22.7 Å². The van der Waals surface area contributed by atoms with Crippen molar-refractivity contribution >= 4 is 29.1 Å². The number of amides is 2. The molecule has 0 unspecified atom stereocenters. The zero-order valence-corrected chi connectivity index (χ0v) is 25.0. The summed E-state index contributed by atoms with van der Waals surface area (Å²) in [4.78, 5) is 30.6. The molecule has 2 heterocycles. The molecule has 1 aromatic heterocycles. The fraction of sp³-hybridized carbons (Fsp3) is 0.303. The molecule has 228 valence electrons. The molecule has 2 amide bonds. The first-order valence-corrected chi connectivity index (χ1v) is 14.8. The molecule has 1 saturated carbocycles. The number of benzene rings is 3. The molecule has 44 heavy (non-hydrogen) atoms. The number of anilines is 1. The lowest BCUT2D eigenvalue weighted by molar-refractivity contribution is -0.136. The average Bonchev–Trinajstić information content (AvgIpc) is 3.76. The van der Waals surface area contributed by atoms with E-state index in [-0.39, 0.29) is 53.0 Å². The molecule has 2 aliphatic rings. The topological polar surface area (TPSA) is 87.9 Å². The summed E-state index contributed by atoms with van der Waals surface area (Å²) >= 11 is 5.93. The van der Waals surface area contributed by atoms with Gasteiger partial charge >= 0.3 is 0 Å². The van der Waals surface area contributed by atoms with Crippen molar-refractivity contribution < 1.29 is 27.6 Å². The van der Waals surface area contributed by atoms with Gasteiger partial charge in [-0.2, -0.15) is 0 Å². The third kappa shape index (κ3) is 6.05. The van der Waals surface area contributed by atoms with Gasteiger partial charge in [0.15, 0.2) is 5.76 Å². The normalized spacial score (nSPS) is 16.7. The highest BCUT2D eigenvalue weighted by molar-refractivity contribution is 6.33. The van der Waals surface area contributed by atoms with Crippen LogP contribution in [0, 0.1) is 25.5 Å². The van der Waals surface area contributed by atoms with Crippen LogP contribution in [0.1, 0.15) is 35.3 Å². The van der Waals surface area contributed by atoms with Crippen LogP contribution in [-0.4, -0.2) is 47.0 Å². The molecule has 6 rings (SSSR count). The van der Waals surface area contributed by atoms with Crippen molar-refractivity contribution in [1.29, 1.82) is 0 Å². The van der Waals surface area contributed by atoms with E-state index in [1.807, 2.05) is 11.0 Å². The van der Waals surface area contributed by atoms with Crippen molar-refractivity contribution in [3.63, 3.8) is 0 Å². The third-order valence-electron chi connectivity index (χ3n) is 8.16. The molecular formula is C33H31ClF2N4O4. The number of aryl methyl sites for hydroxylation is 1. The van der Waals surface area contributed by atoms with Gasteiger partial charge in [-0.1, -0.05) is 35.0 Å². The van der Waals surface area contributed by atoms with Crippen molar-refractivity contribution in [3.05, 3.63) is 99.8 Å². The minimum Gasteiger partial charge on any atom is -0.486 e. The second-order valence-corrected chi connectivity index (χ2v) is 11.5. The van der Waals surface area contributed by atoms with Crippen molar-refractivity contribution in [2.45, 2.75) is 51.9 Å². The third-order valence-corrected chi connectivity index (χ3v) is 8.53. The summed E-state index contributed by atoms with van der Waals surface area (Å²) < 4.78 is 39.2. The number of aromatic nitrogens is 1. The number of carbonyl (C=O) groups is 2. The highest BCUT2D eigenvalue weighted by Gasteiger charge is 2.41. The fourth-order valence-electron chi connectivity index (χ4n) is 5.44. The van der Waals surface area contributed by atoms with Crippen LogP contribution in [0.3, 0.4) is 0 Å². The van der Waals surface area contributed by atoms with Gasteiger partial charge in [-0.05, 0) is 79.8 Å². The van der Waals surface area contributed by atoms with Crippen LogP contribution >= 0.6 is 11.6 Å². The maximum Gasteiger partial charge on any atom is 0.247 e. The molecule has 1 aliphatic carbocycles. The van der Waals surface area contributed by atoms with Gasteiger partial charge in [-0.25, -0.2) is 8.78 Å². The number of rotatable bonds is 9. The monoisotopic (exact) mass is 620 g/mol. The summed E-state index contributed by atoms with van der Waals surface area (Å²) in [5.41, 5.74) is 3.90. The Morgan fingerprint density at radius 1 is 1.11 bits per heavy atom. The molecule has 8 nitrogen and oxygen atoms in total. The van der Waals surface area contributed by atoms with E-state index < -0.39 is 17.7 Å². The summed E-state index contributed by atoms with van der Waals surface area (Å²) in [7, 11) is 0. The zero-order chi connectivity index (χ0) is 31.0. The van der Waals surface area contributed by atoms with Crippen molar-refractivity contribution in [3.8, 4) is 17.0 Å². The predicted molar refractivity (Wildman–Crippen MR) is 161 cm³/mol. The van der Waals surface area contributed by atoms with Gasteiger partial charge in [0, 0.05) is 30.9 Å². The maximum absolute atomic E-state index is 14.3. The van der Waals surface area contributed by atoms with Gasteiger partial charge in [0.25, 0.3) is 0 Å². The van der Waals surface area contributed by atoms with Crippen LogP contribution in [0.25, 0.3) is 11.3 Å². The Morgan fingerprint density at radius 2 is 1.86 bits per heavy atom. The van der Waals surface area contributed by atoms with Gasteiger partial charge in [-0.15, -0.1) is 0 Å². The van der Waals surface area contributed by atoms with Gasteiger partial charge < -0.3 is 19.5 Å². The lowest BCUT2D eigenvalue weighted by Crippen LogP contribution is -2.61. The van der Waals surface area contributed by atoms with E-state index in [0.717, 1.165) is 30.5 Å². The van der Waals surface area contributed by atoms with E-state index in [4.69, 9.17) is 20.9 Å². The van der Waals surface area contributed by atoms with E-state index >= 15 is 0 Å². The molecule has 1 saturated heterocycles. The van der Waals surface area contributed by atoms with E-state index in [1.54, 1.807) is 29.2 Å². The number of ether oxygens (including phenoxy) is 1. The van der Waals surface area contributed by atoms with Crippen LogP contribution in [0.4, 0.5) is 14.5 Å². The number of nitrogens with zero attached hydrogens (tertiary/aromatic N) is 3. The predicted octanol–water partition coefficient (Wildman–Crippen LogP) is 5.97. The molecule has 1 aliphatic heterocycles. The SMILES string of the molecule is Cc1cccc(CN(C(=O)[C@@H]2CNCC(=O)N2c2ccc(OCc3cc(-c4c(F)ccc(F)c4Cl)no3)cc2)C2CC2)c1C. The molecule has 4 aromatic rings. The number of halogens is 3. The van der Waals surface area contributed by atoms with Crippen LogP contribution in [0.2, 0.25) is 5.02 Å². The van der Waals surface area contributed by atoms with Crippen molar-refractivity contribution in [2.75, 3.05) is 18.0 Å². The minimum atomic E-state index is -0.766. The number of carbonyl (C=O) groups excluding carboxylic acids is 2. The van der Waals surface area contributed by atoms with Crippen LogP contribution < -0.4 is 15.0 Å². The second-order valence-electron chi connectivity index (χ2n) is 11.1. The lowest BCUT2D eigenvalue weighted by Gasteiger charge is -2.38. The zero-order valence-electron chi connectivity index (χ0n) is 24.3. The van der Waals surface area contributed by atoms with Crippen LogP contribution in [0.15, 0.2) is 65.2 Å². The molecule has 0 radical (unpaired) electrons. The average molecular weight is 621 g/mol. The molecule has 2 fully saturated rings. The quantitative estimate of drug-likeness (QED) is 0.232. The first-order valence-electron chi connectivity index (χ1n) is 14.4. The van der Waals surface area contributed by atoms with Crippen molar-refractivity contribution in [2.24, 2.45) is 0 Å². The summed E-state index contributed by atoms with van der Waals surface area (Å²) in [6.45, 7) is 5.08. The summed E-state index contributed by atoms with van der Waals surface area (Å²) in [5.74, 6) is -1.01. The van der Waals surface area contributed by atoms with Gasteiger partial charge in [0.2, 0.25) is 11.8 Å². The Kier molecular flexibility index (Phi) is 8.38. The number of piperazine rings is 1. The number of nitrogens with one attached hydrogen (secondary N) is 1. The second kappa shape index (κ2) is 12.4. The maximum atomic E-state index is 14.3. The Labute approximate surface area is 258 Å². The number of hydrogen-bond donors (Lipinski definition) is 1. The first kappa shape index (κ1) is 29.8. The largest absolute Gasteiger partial charge is 0.486 e. The molecule has 0 spiro atoms. The molecule has 1 atom stereocenters. The van der Waals surface area contributed by atoms with Gasteiger partial charge in [-0.3, -0.25) is 14.5 Å². The highest BCUT2D eigenvalue weighted by atomic mass is 35.5. The Bertz CT molecular complexity index is 1710. The minimum absolute atomic E-state index is 0.0384. The van der Waals surface area contributed by atoms with Gasteiger partial charge in [0.1, 0.15) is 35.7 Å². The van der Waals surface area contributed by atoms with Crippen molar-refractivity contribution in [1.82, 2.24) is 15.4 Å². The standard InChI is InChI=1S/C33H31ClF2N4O4/c1-19-4-3-5-21(20(19)2)17-39(22-6-7-22)33(42)29-15-37-16-30(41)40(29)23-8-10-24(11-9-23)43-18-25-14-28(38-44-25)31-26(35)12-13-27(36)32(31)34/h3-5,8-14,22,29,37H,6-7,15-18H2,1-2H3/t29-/m0/s1. The van der Waals surface area contributed by atoms with E-state index in [1.165, 1.54) is 17.2 Å². The smallest absolute Gasteiger partial charge is 0.247 e. The molecule has 3 aromatic carbocycles. The lowest BCUT2D eigenvalue weighted by atomic mass is 10.0. The Morgan fingerprint density at radius 3 is 2.61 bits per heavy atom. The molecule has 11 heteroatoms. The van der Waals surface area contributed by atoms with E-state index in [2.05, 4.69) is 36.5 Å². The molecular weight excluding hydrogens is 590 g/mol. The molecule has 0 bridgehead atoms. The summed E-state index contributed by atoms with van der Waals surface area (Å²) in [6.07, 6.45) is 1.90. The number of hydrogen-bond acceptors (Lipinski definition) is 6. The highest BCUT2D eigenvalue weighted by Crippen LogP contribution is 2.34. The first-order chi connectivity index (χ1) is 21.2. The summed E-state index contributed by atoms with van der Waals surface area (Å²) in [6, 6.07) is 15.8. The Balaban J connectivity index is 1.15. The van der Waals surface area contributed by atoms with Crippen LogP contribution in [0.5, 0.6) is 5.75 Å². The van der Waals surface area contributed by atoms with Gasteiger partial charge in [0.05, 0.1) is 17.1 Å². The van der Waals surface area contributed by atoms with E-state index in [9.17, 15) is 18.4 Å².